The van der Waals surface area contributed by atoms with Crippen LogP contribution in [-0.4, -0.2) is 33.6 Å². The first-order chi connectivity index (χ1) is 9.67. The summed E-state index contributed by atoms with van der Waals surface area (Å²) in [6.07, 6.45) is 0.353. The number of carbonyl (C=O) groups is 1. The van der Waals surface area contributed by atoms with Crippen LogP contribution in [0.25, 0.3) is 0 Å². The Morgan fingerprint density at radius 1 is 1.48 bits per heavy atom. The van der Waals surface area contributed by atoms with Gasteiger partial charge >= 0.3 is 6.03 Å². The number of aliphatic hydroxyl groups excluding tert-OH is 1. The van der Waals surface area contributed by atoms with E-state index in [9.17, 15) is 9.90 Å². The van der Waals surface area contributed by atoms with Crippen molar-refractivity contribution >= 4 is 11.8 Å². The maximum absolute atomic E-state index is 12.0. The highest BCUT2D eigenvalue weighted by molar-refractivity contribution is 5.88. The van der Waals surface area contributed by atoms with Crippen LogP contribution in [0.15, 0.2) is 6.07 Å². The van der Waals surface area contributed by atoms with Gasteiger partial charge in [-0.15, -0.1) is 0 Å². The van der Waals surface area contributed by atoms with Crippen molar-refractivity contribution in [3.8, 4) is 0 Å². The molecule has 0 aliphatic heterocycles. The molecule has 0 fully saturated rings. The minimum Gasteiger partial charge on any atom is -0.392 e. The summed E-state index contributed by atoms with van der Waals surface area (Å²) in [6, 6.07) is 1.57. The predicted octanol–water partition coefficient (Wildman–Crippen LogP) is 2.15. The zero-order chi connectivity index (χ0) is 16.2. The number of hydrogen-bond donors (Lipinski definition) is 3. The number of anilines is 1. The molecular formula is C15H28N4O2. The molecule has 1 unspecified atom stereocenters. The summed E-state index contributed by atoms with van der Waals surface area (Å²) < 4.78 is 1.65. The van der Waals surface area contributed by atoms with Gasteiger partial charge in [0, 0.05) is 25.1 Å². The molecule has 1 aromatic rings. The number of aliphatic hydroxyl groups is 1. The average molecular weight is 296 g/mol. The van der Waals surface area contributed by atoms with Crippen molar-refractivity contribution in [1.82, 2.24) is 15.1 Å². The van der Waals surface area contributed by atoms with Crippen molar-refractivity contribution in [3.05, 3.63) is 11.8 Å². The molecule has 0 saturated carbocycles. The van der Waals surface area contributed by atoms with E-state index >= 15 is 0 Å². The Morgan fingerprint density at radius 3 is 2.57 bits per heavy atom. The fourth-order valence-corrected chi connectivity index (χ4v) is 2.29. The standard InChI is InChI=1S/C15H28N4O2/c1-7-11-8-12(19(6)18-11)17-14(21)16-9-15(4,5)13(20)10(2)3/h8,10,13,20H,7,9H2,1-6H3,(H2,16,17,21). The van der Waals surface area contributed by atoms with Gasteiger partial charge in [0.1, 0.15) is 5.82 Å². The zero-order valence-electron chi connectivity index (χ0n) is 13.9. The first-order valence-corrected chi connectivity index (χ1v) is 7.43. The summed E-state index contributed by atoms with van der Waals surface area (Å²) in [7, 11) is 1.79. The molecule has 0 saturated heterocycles. The monoisotopic (exact) mass is 296 g/mol. The van der Waals surface area contributed by atoms with Crippen molar-refractivity contribution in [3.63, 3.8) is 0 Å². The lowest BCUT2D eigenvalue weighted by atomic mass is 9.81. The number of hydrogen-bond acceptors (Lipinski definition) is 3. The average Bonchev–Trinajstić information content (AvgIpc) is 2.76. The molecule has 21 heavy (non-hydrogen) atoms. The van der Waals surface area contributed by atoms with Crippen LogP contribution in [-0.2, 0) is 13.5 Å². The quantitative estimate of drug-likeness (QED) is 0.752. The first kappa shape index (κ1) is 17.5. The van der Waals surface area contributed by atoms with Gasteiger partial charge in [0.15, 0.2) is 0 Å². The zero-order valence-corrected chi connectivity index (χ0v) is 13.9. The minimum atomic E-state index is -0.471. The first-order valence-electron chi connectivity index (χ1n) is 7.43. The van der Waals surface area contributed by atoms with Crippen molar-refractivity contribution < 1.29 is 9.90 Å². The Balaban J connectivity index is 2.56. The number of aryl methyl sites for hydroxylation is 2. The third kappa shape index (κ3) is 4.74. The van der Waals surface area contributed by atoms with Gasteiger partial charge in [0.2, 0.25) is 0 Å². The molecule has 1 aromatic heterocycles. The fraction of sp³-hybridized carbons (Fsp3) is 0.733. The molecule has 6 heteroatoms. The van der Waals surface area contributed by atoms with E-state index in [1.807, 2.05) is 40.7 Å². The molecule has 0 radical (unpaired) electrons. The predicted molar refractivity (Wildman–Crippen MR) is 84.2 cm³/mol. The van der Waals surface area contributed by atoms with Crippen molar-refractivity contribution in [2.24, 2.45) is 18.4 Å². The molecule has 0 bridgehead atoms. The SMILES string of the molecule is CCc1cc(NC(=O)NCC(C)(C)C(O)C(C)C)n(C)n1. The Kier molecular flexibility index (Phi) is 5.78. The van der Waals surface area contributed by atoms with Gasteiger partial charge < -0.3 is 10.4 Å². The second kappa shape index (κ2) is 6.93. The molecule has 1 rings (SSSR count). The smallest absolute Gasteiger partial charge is 0.320 e. The third-order valence-corrected chi connectivity index (χ3v) is 3.67. The van der Waals surface area contributed by atoms with Gasteiger partial charge in [0.05, 0.1) is 11.8 Å². The number of urea groups is 1. The summed E-state index contributed by atoms with van der Waals surface area (Å²) in [6.45, 7) is 10.2. The van der Waals surface area contributed by atoms with Gasteiger partial charge in [-0.3, -0.25) is 10.00 Å². The van der Waals surface area contributed by atoms with Gasteiger partial charge in [-0.1, -0.05) is 34.6 Å². The Morgan fingerprint density at radius 2 is 2.10 bits per heavy atom. The summed E-state index contributed by atoms with van der Waals surface area (Å²) in [4.78, 5) is 12.0. The van der Waals surface area contributed by atoms with Gasteiger partial charge in [0.25, 0.3) is 0 Å². The summed E-state index contributed by atoms with van der Waals surface area (Å²) in [5.74, 6) is 0.806. The highest BCUT2D eigenvalue weighted by atomic mass is 16.3. The molecule has 0 spiro atoms. The second-order valence-electron chi connectivity index (χ2n) is 6.48. The van der Waals surface area contributed by atoms with E-state index in [1.54, 1.807) is 11.7 Å². The van der Waals surface area contributed by atoms with Crippen LogP contribution in [0.1, 0.15) is 40.3 Å². The van der Waals surface area contributed by atoms with E-state index in [-0.39, 0.29) is 17.4 Å². The second-order valence-corrected chi connectivity index (χ2v) is 6.48. The number of nitrogens with one attached hydrogen (secondary N) is 2. The number of amides is 2. The van der Waals surface area contributed by atoms with Crippen LogP contribution in [0.5, 0.6) is 0 Å². The van der Waals surface area contributed by atoms with Crippen LogP contribution in [0, 0.1) is 11.3 Å². The molecule has 1 atom stereocenters. The molecule has 2 amide bonds. The number of aromatic nitrogens is 2. The maximum atomic E-state index is 12.0. The largest absolute Gasteiger partial charge is 0.392 e. The summed E-state index contributed by atoms with van der Waals surface area (Å²) in [5, 5.41) is 20.0. The van der Waals surface area contributed by atoms with Gasteiger partial charge in [-0.2, -0.15) is 5.10 Å². The lowest BCUT2D eigenvalue weighted by Crippen LogP contribution is -2.44. The molecule has 1 heterocycles. The van der Waals surface area contributed by atoms with E-state index in [0.29, 0.717) is 12.4 Å². The lowest BCUT2D eigenvalue weighted by molar-refractivity contribution is 0.0154. The topological polar surface area (TPSA) is 79.2 Å². The Bertz CT molecular complexity index is 480. The molecule has 6 nitrogen and oxygen atoms in total. The summed E-state index contributed by atoms with van der Waals surface area (Å²) in [5.41, 5.74) is 0.551. The van der Waals surface area contributed by atoms with E-state index in [4.69, 9.17) is 0 Å². The van der Waals surface area contributed by atoms with Crippen LogP contribution in [0.4, 0.5) is 10.6 Å². The fourth-order valence-electron chi connectivity index (χ4n) is 2.29. The molecule has 120 valence electrons. The van der Waals surface area contributed by atoms with E-state index in [0.717, 1.165) is 12.1 Å². The highest BCUT2D eigenvalue weighted by Gasteiger charge is 2.30. The normalized spacial score (nSPS) is 13.3. The maximum Gasteiger partial charge on any atom is 0.320 e. The van der Waals surface area contributed by atoms with Crippen LogP contribution in [0.3, 0.4) is 0 Å². The molecule has 0 aliphatic carbocycles. The van der Waals surface area contributed by atoms with Crippen LogP contribution >= 0.6 is 0 Å². The highest BCUT2D eigenvalue weighted by Crippen LogP contribution is 2.25. The summed E-state index contributed by atoms with van der Waals surface area (Å²) >= 11 is 0. The lowest BCUT2D eigenvalue weighted by Gasteiger charge is -2.33. The number of nitrogens with zero attached hydrogens (tertiary/aromatic N) is 2. The molecule has 0 aromatic carbocycles. The van der Waals surface area contributed by atoms with Crippen molar-refractivity contribution in [2.75, 3.05) is 11.9 Å². The third-order valence-electron chi connectivity index (χ3n) is 3.67. The Labute approximate surface area is 126 Å². The van der Waals surface area contributed by atoms with Crippen LogP contribution in [0.2, 0.25) is 0 Å². The number of carbonyl (C=O) groups excluding carboxylic acids is 1. The molecule has 3 N–H and O–H groups in total. The molecule has 0 aliphatic rings. The van der Waals surface area contributed by atoms with E-state index < -0.39 is 6.10 Å². The van der Waals surface area contributed by atoms with Crippen LogP contribution < -0.4 is 10.6 Å². The van der Waals surface area contributed by atoms with Gasteiger partial charge in [-0.25, -0.2) is 4.79 Å². The van der Waals surface area contributed by atoms with Gasteiger partial charge in [-0.05, 0) is 12.3 Å². The van der Waals surface area contributed by atoms with E-state index in [2.05, 4.69) is 15.7 Å². The van der Waals surface area contributed by atoms with E-state index in [1.165, 1.54) is 0 Å². The minimum absolute atomic E-state index is 0.147. The molecular weight excluding hydrogens is 268 g/mol. The number of rotatable bonds is 6. The van der Waals surface area contributed by atoms with Crippen molar-refractivity contribution in [2.45, 2.75) is 47.1 Å². The Hall–Kier alpha value is -1.56. The van der Waals surface area contributed by atoms with Crippen molar-refractivity contribution in [1.29, 1.82) is 0 Å².